The number of likely N-dealkylation sites (N-methyl/N-ethyl adjacent to an activating group) is 1. The Kier molecular flexibility index (Phi) is 5.23. The molecule has 0 aromatic heterocycles. The first kappa shape index (κ1) is 15.1. The van der Waals surface area contributed by atoms with E-state index in [9.17, 15) is 4.79 Å². The average molecular weight is 300 g/mol. The Morgan fingerprint density at radius 2 is 2.25 bits per heavy atom. The van der Waals surface area contributed by atoms with Gasteiger partial charge in [0.15, 0.2) is 0 Å². The van der Waals surface area contributed by atoms with Crippen molar-refractivity contribution >= 4 is 17.6 Å². The van der Waals surface area contributed by atoms with Crippen LogP contribution < -0.4 is 4.74 Å². The van der Waals surface area contributed by atoms with Crippen LogP contribution in [0.25, 0.3) is 0 Å². The summed E-state index contributed by atoms with van der Waals surface area (Å²) < 4.78 is 10.9. The fraction of sp³-hybridized carbons (Fsp3) is 0.500. The average Bonchev–Trinajstić information content (AvgIpc) is 2.90. The maximum atomic E-state index is 11.1. The molecule has 110 valence electrons. The molecule has 1 aromatic carbocycles. The van der Waals surface area contributed by atoms with Crippen LogP contribution in [0.5, 0.6) is 5.75 Å². The van der Waals surface area contributed by atoms with E-state index in [0.717, 1.165) is 0 Å². The molecule has 0 saturated carbocycles. The predicted octanol–water partition coefficient (Wildman–Crippen LogP) is 1.75. The first-order chi connectivity index (χ1) is 9.59. The van der Waals surface area contributed by atoms with Crippen LogP contribution in [0.4, 0.5) is 0 Å². The van der Waals surface area contributed by atoms with Gasteiger partial charge in [0.1, 0.15) is 12.4 Å². The summed E-state index contributed by atoms with van der Waals surface area (Å²) in [6.07, 6.45) is 0. The minimum absolute atomic E-state index is 0.109. The second-order valence-corrected chi connectivity index (χ2v) is 5.22. The number of halogens is 1. The van der Waals surface area contributed by atoms with E-state index in [1.807, 2.05) is 24.1 Å². The van der Waals surface area contributed by atoms with Gasteiger partial charge in [0, 0.05) is 12.6 Å². The lowest BCUT2D eigenvalue weighted by molar-refractivity contribution is -0.143. The van der Waals surface area contributed by atoms with Gasteiger partial charge in [0.2, 0.25) is 0 Å². The fourth-order valence-electron chi connectivity index (χ4n) is 2.24. The Morgan fingerprint density at radius 1 is 1.50 bits per heavy atom. The van der Waals surface area contributed by atoms with Crippen molar-refractivity contribution < 1.29 is 19.4 Å². The molecule has 1 saturated heterocycles. The molecule has 0 spiro atoms. The largest absolute Gasteiger partial charge is 0.491 e. The minimum Gasteiger partial charge on any atom is -0.491 e. The molecule has 2 rings (SSSR count). The van der Waals surface area contributed by atoms with Crippen molar-refractivity contribution in [2.24, 2.45) is 5.92 Å². The van der Waals surface area contributed by atoms with Crippen LogP contribution in [0.2, 0.25) is 5.02 Å². The Hall–Kier alpha value is -1.30. The van der Waals surface area contributed by atoms with E-state index in [2.05, 4.69) is 0 Å². The lowest BCUT2D eigenvalue weighted by atomic mass is 10.0. The van der Waals surface area contributed by atoms with Crippen LogP contribution in [-0.4, -0.2) is 55.4 Å². The zero-order valence-electron chi connectivity index (χ0n) is 11.3. The molecule has 2 atom stereocenters. The number of carboxylic acid groups (broad SMARTS) is 1. The number of ether oxygens (including phenoxy) is 2. The third-order valence-electron chi connectivity index (χ3n) is 3.47. The van der Waals surface area contributed by atoms with Gasteiger partial charge in [0.05, 0.1) is 24.2 Å². The highest BCUT2D eigenvalue weighted by molar-refractivity contribution is 6.32. The summed E-state index contributed by atoms with van der Waals surface area (Å²) in [5, 5.41) is 9.69. The highest BCUT2D eigenvalue weighted by Gasteiger charge is 2.36. The van der Waals surface area contributed by atoms with Crippen molar-refractivity contribution in [3.8, 4) is 5.75 Å². The van der Waals surface area contributed by atoms with E-state index < -0.39 is 11.9 Å². The molecular weight excluding hydrogens is 282 g/mol. The number of hydrogen-bond acceptors (Lipinski definition) is 4. The normalized spacial score (nSPS) is 22.1. The number of carboxylic acids is 1. The predicted molar refractivity (Wildman–Crippen MR) is 75.3 cm³/mol. The van der Waals surface area contributed by atoms with Crippen LogP contribution in [0.1, 0.15) is 0 Å². The van der Waals surface area contributed by atoms with Gasteiger partial charge in [-0.2, -0.15) is 0 Å². The van der Waals surface area contributed by atoms with Crippen LogP contribution >= 0.6 is 11.6 Å². The summed E-state index contributed by atoms with van der Waals surface area (Å²) in [7, 11) is 1.88. The zero-order valence-corrected chi connectivity index (χ0v) is 12.0. The van der Waals surface area contributed by atoms with Crippen LogP contribution in [-0.2, 0) is 9.53 Å². The summed E-state index contributed by atoms with van der Waals surface area (Å²) in [5.74, 6) is -0.647. The van der Waals surface area contributed by atoms with Crippen molar-refractivity contribution in [2.75, 3.05) is 33.4 Å². The summed E-state index contributed by atoms with van der Waals surface area (Å²) in [5.41, 5.74) is 0. The summed E-state index contributed by atoms with van der Waals surface area (Å²) in [6.45, 7) is 1.78. The van der Waals surface area contributed by atoms with Gasteiger partial charge in [-0.1, -0.05) is 23.7 Å². The third-order valence-corrected chi connectivity index (χ3v) is 3.78. The van der Waals surface area contributed by atoms with Crippen molar-refractivity contribution in [1.82, 2.24) is 4.90 Å². The number of aliphatic carboxylic acids is 1. The first-order valence-electron chi connectivity index (χ1n) is 6.47. The van der Waals surface area contributed by atoms with E-state index >= 15 is 0 Å². The number of hydrogen-bond donors (Lipinski definition) is 1. The maximum Gasteiger partial charge on any atom is 0.310 e. The molecule has 0 radical (unpaired) electrons. The number of benzene rings is 1. The Labute approximate surface area is 123 Å². The van der Waals surface area contributed by atoms with E-state index in [1.54, 1.807) is 12.1 Å². The molecule has 0 bridgehead atoms. The van der Waals surface area contributed by atoms with Gasteiger partial charge >= 0.3 is 5.97 Å². The number of nitrogens with zero attached hydrogens (tertiary/aromatic N) is 1. The van der Waals surface area contributed by atoms with Crippen LogP contribution in [0.15, 0.2) is 24.3 Å². The molecule has 20 heavy (non-hydrogen) atoms. The van der Waals surface area contributed by atoms with Crippen molar-refractivity contribution in [3.05, 3.63) is 29.3 Å². The molecule has 1 heterocycles. The van der Waals surface area contributed by atoms with Gasteiger partial charge in [-0.3, -0.25) is 9.69 Å². The topological polar surface area (TPSA) is 59.0 Å². The lowest BCUT2D eigenvalue weighted by Crippen LogP contribution is -2.42. The highest BCUT2D eigenvalue weighted by Crippen LogP contribution is 2.23. The summed E-state index contributed by atoms with van der Waals surface area (Å²) >= 11 is 6.00. The van der Waals surface area contributed by atoms with Gasteiger partial charge in [-0.15, -0.1) is 0 Å². The third kappa shape index (κ3) is 3.62. The van der Waals surface area contributed by atoms with E-state index in [1.165, 1.54) is 0 Å². The molecule has 1 N–H and O–H groups in total. The molecule has 5 nitrogen and oxygen atoms in total. The van der Waals surface area contributed by atoms with E-state index in [4.69, 9.17) is 26.2 Å². The summed E-state index contributed by atoms with van der Waals surface area (Å²) in [6, 6.07) is 7.17. The summed E-state index contributed by atoms with van der Waals surface area (Å²) in [4.78, 5) is 13.1. The molecule has 1 fully saturated rings. The second-order valence-electron chi connectivity index (χ2n) is 4.81. The molecular formula is C14H18ClNO4. The second kappa shape index (κ2) is 6.92. The number of para-hydroxylation sites is 1. The van der Waals surface area contributed by atoms with E-state index in [-0.39, 0.29) is 12.6 Å². The molecule has 1 aliphatic rings. The molecule has 0 aliphatic carbocycles. The Bertz CT molecular complexity index is 468. The quantitative estimate of drug-likeness (QED) is 0.867. The standard InChI is InChI=1S/C14H18ClNO4/c1-16(12-9-19-8-10(12)14(17)18)6-7-20-13-5-3-2-4-11(13)15/h2-5,10,12H,6-9H2,1H3,(H,17,18). The van der Waals surface area contributed by atoms with Gasteiger partial charge in [0.25, 0.3) is 0 Å². The number of rotatable bonds is 6. The van der Waals surface area contributed by atoms with Crippen molar-refractivity contribution in [3.63, 3.8) is 0 Å². The van der Waals surface area contributed by atoms with Gasteiger partial charge in [-0.05, 0) is 19.2 Å². The minimum atomic E-state index is -0.814. The fourth-order valence-corrected chi connectivity index (χ4v) is 2.43. The monoisotopic (exact) mass is 299 g/mol. The van der Waals surface area contributed by atoms with E-state index in [0.29, 0.717) is 30.5 Å². The van der Waals surface area contributed by atoms with Gasteiger partial charge < -0.3 is 14.6 Å². The highest BCUT2D eigenvalue weighted by atomic mass is 35.5. The zero-order chi connectivity index (χ0) is 14.5. The smallest absolute Gasteiger partial charge is 0.310 e. The maximum absolute atomic E-state index is 11.1. The molecule has 2 unspecified atom stereocenters. The molecule has 1 aliphatic heterocycles. The molecule has 6 heteroatoms. The van der Waals surface area contributed by atoms with Crippen molar-refractivity contribution in [2.45, 2.75) is 6.04 Å². The number of carbonyl (C=O) groups is 1. The lowest BCUT2D eigenvalue weighted by Gasteiger charge is -2.26. The van der Waals surface area contributed by atoms with Crippen LogP contribution in [0.3, 0.4) is 0 Å². The van der Waals surface area contributed by atoms with Crippen LogP contribution in [0, 0.1) is 5.92 Å². The SMILES string of the molecule is CN(CCOc1ccccc1Cl)C1COCC1C(=O)O. The first-order valence-corrected chi connectivity index (χ1v) is 6.85. The van der Waals surface area contributed by atoms with Crippen molar-refractivity contribution in [1.29, 1.82) is 0 Å². The Balaban J connectivity index is 1.82. The Morgan fingerprint density at radius 3 is 2.95 bits per heavy atom. The molecule has 0 amide bonds. The van der Waals surface area contributed by atoms with Gasteiger partial charge in [-0.25, -0.2) is 0 Å². The molecule has 1 aromatic rings.